The highest BCUT2D eigenvalue weighted by Crippen LogP contribution is 2.23. The van der Waals surface area contributed by atoms with Crippen molar-refractivity contribution >= 4 is 11.6 Å². The van der Waals surface area contributed by atoms with Gasteiger partial charge in [-0.05, 0) is 50.6 Å². The average Bonchev–Trinajstić information content (AvgIpc) is 2.82. The molecule has 0 aliphatic carbocycles. The first kappa shape index (κ1) is 18.6. The number of ether oxygens (including phenoxy) is 1. The number of aliphatic imine (C=N–C) groups is 1. The Labute approximate surface area is 143 Å². The number of nitrogens with two attached hydrogens (primary N) is 1. The van der Waals surface area contributed by atoms with Crippen LogP contribution in [0.5, 0.6) is 5.75 Å². The highest BCUT2D eigenvalue weighted by Gasteiger charge is 2.30. The SMILES string of the molecule is Cc1cc(C)n(CCCN=C(N)Nc2ccc(OC(F)(F)F)cc2)n1. The fourth-order valence-electron chi connectivity index (χ4n) is 2.25. The van der Waals surface area contributed by atoms with E-state index in [1.807, 2.05) is 24.6 Å². The minimum Gasteiger partial charge on any atom is -0.406 e. The van der Waals surface area contributed by atoms with Crippen molar-refractivity contribution in [1.82, 2.24) is 9.78 Å². The lowest BCUT2D eigenvalue weighted by atomic mass is 10.3. The molecule has 3 N–H and O–H groups in total. The molecule has 0 radical (unpaired) electrons. The molecule has 0 bridgehead atoms. The van der Waals surface area contributed by atoms with Gasteiger partial charge in [0.25, 0.3) is 0 Å². The Hall–Kier alpha value is -2.71. The summed E-state index contributed by atoms with van der Waals surface area (Å²) in [5.74, 6) is -0.101. The summed E-state index contributed by atoms with van der Waals surface area (Å²) < 4.78 is 42.0. The molecule has 2 aromatic rings. The van der Waals surface area contributed by atoms with Crippen LogP contribution >= 0.6 is 0 Å². The molecule has 25 heavy (non-hydrogen) atoms. The molecule has 0 saturated carbocycles. The molecule has 9 heteroatoms. The lowest BCUT2D eigenvalue weighted by Gasteiger charge is -2.10. The summed E-state index contributed by atoms with van der Waals surface area (Å²) in [4.78, 5) is 4.18. The zero-order valence-electron chi connectivity index (χ0n) is 14.0. The minimum atomic E-state index is -4.71. The van der Waals surface area contributed by atoms with Crippen LogP contribution in [0.15, 0.2) is 35.3 Å². The molecular weight excluding hydrogens is 335 g/mol. The molecule has 0 unspecified atom stereocenters. The van der Waals surface area contributed by atoms with E-state index in [0.717, 1.165) is 24.4 Å². The van der Waals surface area contributed by atoms with E-state index < -0.39 is 6.36 Å². The molecule has 6 nitrogen and oxygen atoms in total. The molecule has 0 spiro atoms. The summed E-state index contributed by atoms with van der Waals surface area (Å²) in [7, 11) is 0. The van der Waals surface area contributed by atoms with Crippen LogP contribution in [-0.2, 0) is 6.54 Å². The predicted octanol–water partition coefficient (Wildman–Crippen LogP) is 3.22. The maximum Gasteiger partial charge on any atom is 0.573 e. The molecule has 1 heterocycles. The van der Waals surface area contributed by atoms with Crippen LogP contribution in [0, 0.1) is 13.8 Å². The molecule has 1 aromatic heterocycles. The van der Waals surface area contributed by atoms with Gasteiger partial charge in [0.1, 0.15) is 5.75 Å². The molecule has 0 atom stereocenters. The Bertz CT molecular complexity index is 722. The van der Waals surface area contributed by atoms with E-state index in [4.69, 9.17) is 5.73 Å². The number of halogens is 3. The van der Waals surface area contributed by atoms with Crippen molar-refractivity contribution in [3.63, 3.8) is 0 Å². The van der Waals surface area contributed by atoms with Crippen molar-refractivity contribution in [3.05, 3.63) is 41.7 Å². The van der Waals surface area contributed by atoms with Crippen LogP contribution in [0.2, 0.25) is 0 Å². The molecule has 0 amide bonds. The summed E-state index contributed by atoms with van der Waals surface area (Å²) in [6, 6.07) is 7.27. The van der Waals surface area contributed by atoms with Crippen molar-refractivity contribution in [3.8, 4) is 5.75 Å². The fraction of sp³-hybridized carbons (Fsp3) is 0.375. The van der Waals surface area contributed by atoms with E-state index in [1.54, 1.807) is 0 Å². The molecule has 0 aliphatic rings. The highest BCUT2D eigenvalue weighted by molar-refractivity contribution is 5.92. The molecule has 1 aromatic carbocycles. The normalized spacial score (nSPS) is 12.3. The van der Waals surface area contributed by atoms with E-state index in [1.165, 1.54) is 24.3 Å². The van der Waals surface area contributed by atoms with Crippen LogP contribution in [-0.4, -0.2) is 28.6 Å². The first-order valence-electron chi connectivity index (χ1n) is 7.67. The number of benzene rings is 1. The van der Waals surface area contributed by atoms with Gasteiger partial charge in [-0.3, -0.25) is 9.67 Å². The van der Waals surface area contributed by atoms with Gasteiger partial charge in [-0.15, -0.1) is 13.2 Å². The molecule has 2 rings (SSSR count). The first-order chi connectivity index (χ1) is 11.7. The number of nitrogens with one attached hydrogen (secondary N) is 1. The molecular formula is C16H20F3N5O. The van der Waals surface area contributed by atoms with Gasteiger partial charge in [-0.1, -0.05) is 0 Å². The van der Waals surface area contributed by atoms with Crippen LogP contribution < -0.4 is 15.8 Å². The number of rotatable bonds is 6. The largest absolute Gasteiger partial charge is 0.573 e. The van der Waals surface area contributed by atoms with Crippen LogP contribution in [0.25, 0.3) is 0 Å². The number of anilines is 1. The smallest absolute Gasteiger partial charge is 0.406 e. The van der Waals surface area contributed by atoms with E-state index >= 15 is 0 Å². The number of alkyl halides is 3. The van der Waals surface area contributed by atoms with Gasteiger partial charge in [0, 0.05) is 24.5 Å². The molecule has 136 valence electrons. The highest BCUT2D eigenvalue weighted by atomic mass is 19.4. The second-order valence-electron chi connectivity index (χ2n) is 5.47. The maximum atomic E-state index is 12.1. The quantitative estimate of drug-likeness (QED) is 0.474. The van der Waals surface area contributed by atoms with Crippen LogP contribution in [0.3, 0.4) is 0 Å². The third-order valence-electron chi connectivity index (χ3n) is 3.27. The lowest BCUT2D eigenvalue weighted by Crippen LogP contribution is -2.23. The van der Waals surface area contributed by atoms with E-state index in [-0.39, 0.29) is 11.7 Å². The van der Waals surface area contributed by atoms with E-state index in [0.29, 0.717) is 12.2 Å². The number of nitrogens with zero attached hydrogens (tertiary/aromatic N) is 3. The second kappa shape index (κ2) is 7.91. The molecule has 0 fully saturated rings. The van der Waals surface area contributed by atoms with Crippen molar-refractivity contribution in [2.24, 2.45) is 10.7 Å². The average molecular weight is 355 g/mol. The van der Waals surface area contributed by atoms with Gasteiger partial charge in [-0.25, -0.2) is 0 Å². The fourth-order valence-corrected chi connectivity index (χ4v) is 2.25. The predicted molar refractivity (Wildman–Crippen MR) is 89.6 cm³/mol. The Morgan fingerprint density at radius 1 is 1.28 bits per heavy atom. The summed E-state index contributed by atoms with van der Waals surface area (Å²) in [6.07, 6.45) is -3.94. The van der Waals surface area contributed by atoms with Gasteiger partial charge in [0.2, 0.25) is 0 Å². The van der Waals surface area contributed by atoms with Gasteiger partial charge < -0.3 is 15.8 Å². The number of aryl methyl sites for hydroxylation is 3. The first-order valence-corrected chi connectivity index (χ1v) is 7.67. The number of hydrogen-bond donors (Lipinski definition) is 2. The Balaban J connectivity index is 1.79. The minimum absolute atomic E-state index is 0.192. The van der Waals surface area contributed by atoms with E-state index in [9.17, 15) is 13.2 Å². The summed E-state index contributed by atoms with van der Waals surface area (Å²) in [5.41, 5.74) is 8.35. The van der Waals surface area contributed by atoms with Gasteiger partial charge >= 0.3 is 6.36 Å². The van der Waals surface area contributed by atoms with Crippen LogP contribution in [0.4, 0.5) is 18.9 Å². The van der Waals surface area contributed by atoms with Gasteiger partial charge in [0.15, 0.2) is 5.96 Å². The Kier molecular flexibility index (Phi) is 5.89. The van der Waals surface area contributed by atoms with Gasteiger partial charge in [-0.2, -0.15) is 5.10 Å². The molecule has 0 saturated heterocycles. The zero-order chi connectivity index (χ0) is 18.4. The van der Waals surface area contributed by atoms with Crippen molar-refractivity contribution in [2.45, 2.75) is 33.2 Å². The summed E-state index contributed by atoms with van der Waals surface area (Å²) >= 11 is 0. The maximum absolute atomic E-state index is 12.1. The lowest BCUT2D eigenvalue weighted by molar-refractivity contribution is -0.274. The monoisotopic (exact) mass is 355 g/mol. The zero-order valence-corrected chi connectivity index (χ0v) is 14.0. The number of aromatic nitrogens is 2. The standard InChI is InChI=1S/C16H20F3N5O/c1-11-10-12(2)24(23-11)9-3-8-21-15(20)22-13-4-6-14(7-5-13)25-16(17,18)19/h4-7,10H,3,8-9H2,1-2H3,(H3,20,21,22). The van der Waals surface area contributed by atoms with Crippen molar-refractivity contribution in [2.75, 3.05) is 11.9 Å². The Morgan fingerprint density at radius 2 is 1.96 bits per heavy atom. The van der Waals surface area contributed by atoms with E-state index in [2.05, 4.69) is 20.1 Å². The number of hydrogen-bond acceptors (Lipinski definition) is 3. The summed E-state index contributed by atoms with van der Waals surface area (Å²) in [5, 5.41) is 7.17. The molecule has 0 aliphatic heterocycles. The third kappa shape index (κ3) is 6.36. The third-order valence-corrected chi connectivity index (χ3v) is 3.27. The topological polar surface area (TPSA) is 77.5 Å². The number of guanidine groups is 1. The Morgan fingerprint density at radius 3 is 2.52 bits per heavy atom. The van der Waals surface area contributed by atoms with Crippen molar-refractivity contribution < 1.29 is 17.9 Å². The van der Waals surface area contributed by atoms with Gasteiger partial charge in [0.05, 0.1) is 5.69 Å². The summed E-state index contributed by atoms with van der Waals surface area (Å²) in [6.45, 7) is 5.17. The van der Waals surface area contributed by atoms with Crippen molar-refractivity contribution in [1.29, 1.82) is 0 Å². The second-order valence-corrected chi connectivity index (χ2v) is 5.47. The van der Waals surface area contributed by atoms with Crippen LogP contribution in [0.1, 0.15) is 17.8 Å².